The molecule has 0 amide bonds. The molecule has 29 heavy (non-hydrogen) atoms. The molecule has 1 aromatic carbocycles. The molecule has 2 heterocycles. The van der Waals surface area contributed by atoms with Crippen LogP contribution >= 0.6 is 23.6 Å². The smallest absolute Gasteiger partial charge is 0.341 e. The maximum absolute atomic E-state index is 12.7. The van der Waals surface area contributed by atoms with E-state index in [1.807, 2.05) is 19.9 Å². The summed E-state index contributed by atoms with van der Waals surface area (Å²) in [6.45, 7) is 7.34. The first-order chi connectivity index (χ1) is 14.0. The van der Waals surface area contributed by atoms with Crippen molar-refractivity contribution in [1.29, 1.82) is 0 Å². The summed E-state index contributed by atoms with van der Waals surface area (Å²) in [5, 5.41) is 4.91. The molecule has 0 radical (unpaired) electrons. The van der Waals surface area contributed by atoms with Crippen LogP contribution in [0.15, 0.2) is 30.3 Å². The van der Waals surface area contributed by atoms with Crippen LogP contribution in [0, 0.1) is 0 Å². The van der Waals surface area contributed by atoms with Gasteiger partial charge in [0.1, 0.15) is 5.00 Å². The monoisotopic (exact) mass is 429 g/mol. The highest BCUT2D eigenvalue weighted by Crippen LogP contribution is 2.39. The highest BCUT2D eigenvalue weighted by atomic mass is 32.1. The van der Waals surface area contributed by atoms with Crippen LogP contribution in [0.4, 0.5) is 10.7 Å². The van der Waals surface area contributed by atoms with Gasteiger partial charge in [0.05, 0.1) is 11.7 Å². The number of thiocarbonyl (C=S) groups is 1. The number of nitrogens with one attached hydrogen (secondary N) is 1. The average molecular weight is 430 g/mol. The van der Waals surface area contributed by atoms with Crippen LogP contribution in [0.25, 0.3) is 0 Å². The molecule has 1 fully saturated rings. The normalized spacial score (nSPS) is 16.1. The zero-order chi connectivity index (χ0) is 20.4. The molecule has 1 N–H and O–H groups in total. The number of anilines is 2. The number of carbonyl (C=O) groups is 1. The number of esters is 1. The molecule has 0 atom stereocenters. The molecule has 1 aromatic heterocycles. The highest BCUT2D eigenvalue weighted by Gasteiger charge is 2.29. The quantitative estimate of drug-likeness (QED) is 0.577. The number of para-hydroxylation sites is 1. The van der Waals surface area contributed by atoms with E-state index in [4.69, 9.17) is 17.0 Å². The Balaban J connectivity index is 1.43. The summed E-state index contributed by atoms with van der Waals surface area (Å²) in [6.07, 6.45) is 2.95. The summed E-state index contributed by atoms with van der Waals surface area (Å²) in [5.74, 6) is -0.237. The van der Waals surface area contributed by atoms with Gasteiger partial charge in [-0.05, 0) is 63.0 Å². The Bertz CT molecular complexity index is 887. The minimum absolute atomic E-state index is 0.134. The second-order valence-electron chi connectivity index (χ2n) is 7.76. The molecule has 0 saturated carbocycles. The molecular weight excluding hydrogens is 402 g/mol. The fraction of sp³-hybridized carbons (Fsp3) is 0.455. The minimum Gasteiger partial charge on any atom is -0.459 e. The van der Waals surface area contributed by atoms with Crippen LogP contribution in [-0.2, 0) is 17.6 Å². The summed E-state index contributed by atoms with van der Waals surface area (Å²) in [5.41, 5.74) is 3.10. The average Bonchev–Trinajstić information content (AvgIpc) is 3.29. The van der Waals surface area contributed by atoms with Gasteiger partial charge in [0, 0.05) is 36.7 Å². The number of thiophene rings is 1. The number of hydrogen-bond donors (Lipinski definition) is 1. The maximum atomic E-state index is 12.7. The van der Waals surface area contributed by atoms with Crippen molar-refractivity contribution >= 4 is 45.3 Å². The number of ether oxygens (including phenoxy) is 1. The lowest BCUT2D eigenvalue weighted by molar-refractivity contribution is 0.0378. The zero-order valence-electron chi connectivity index (χ0n) is 16.9. The topological polar surface area (TPSA) is 44.8 Å². The van der Waals surface area contributed by atoms with E-state index in [0.717, 1.165) is 56.0 Å². The summed E-state index contributed by atoms with van der Waals surface area (Å²) in [6, 6.07) is 10.5. The third-order valence-corrected chi connectivity index (χ3v) is 6.94. The van der Waals surface area contributed by atoms with Gasteiger partial charge in [-0.3, -0.25) is 0 Å². The number of hydrogen-bond acceptors (Lipinski definition) is 5. The van der Waals surface area contributed by atoms with Crippen molar-refractivity contribution in [2.75, 3.05) is 36.4 Å². The number of fused-ring (bicyclic) bond motifs is 1. The van der Waals surface area contributed by atoms with E-state index in [0.29, 0.717) is 10.7 Å². The van der Waals surface area contributed by atoms with Crippen molar-refractivity contribution < 1.29 is 9.53 Å². The Kier molecular flexibility index (Phi) is 6.06. The fourth-order valence-corrected chi connectivity index (χ4v) is 5.59. The van der Waals surface area contributed by atoms with E-state index in [-0.39, 0.29) is 12.1 Å². The molecule has 1 saturated heterocycles. The third kappa shape index (κ3) is 4.41. The van der Waals surface area contributed by atoms with Gasteiger partial charge in [-0.1, -0.05) is 18.2 Å². The second kappa shape index (κ2) is 8.71. The van der Waals surface area contributed by atoms with Crippen LogP contribution in [0.2, 0.25) is 0 Å². The number of benzene rings is 1. The molecule has 2 aliphatic rings. The van der Waals surface area contributed by atoms with E-state index in [9.17, 15) is 4.79 Å². The van der Waals surface area contributed by atoms with Gasteiger partial charge in [0.15, 0.2) is 5.11 Å². The van der Waals surface area contributed by atoms with Crippen molar-refractivity contribution in [3.8, 4) is 0 Å². The third-order valence-electron chi connectivity index (χ3n) is 5.38. The van der Waals surface area contributed by atoms with E-state index >= 15 is 0 Å². The van der Waals surface area contributed by atoms with Gasteiger partial charge in [0.2, 0.25) is 0 Å². The first-order valence-electron chi connectivity index (χ1n) is 10.2. The molecule has 154 valence electrons. The lowest BCUT2D eigenvalue weighted by Crippen LogP contribution is -2.50. The SMILES string of the molecule is CC(C)OC(=O)c1c(NC(=S)N2CCN(c3ccccc3)CC2)sc2c1CCC2. The maximum Gasteiger partial charge on any atom is 0.341 e. The van der Waals surface area contributed by atoms with Crippen LogP contribution < -0.4 is 10.2 Å². The molecule has 4 rings (SSSR count). The minimum atomic E-state index is -0.237. The Labute approximate surface area is 181 Å². The number of aryl methyl sites for hydroxylation is 1. The van der Waals surface area contributed by atoms with Crippen molar-refractivity contribution in [1.82, 2.24) is 4.90 Å². The Morgan fingerprint density at radius 2 is 1.86 bits per heavy atom. The molecule has 2 aromatic rings. The molecule has 7 heteroatoms. The predicted octanol–water partition coefficient (Wildman–Crippen LogP) is 4.32. The zero-order valence-corrected chi connectivity index (χ0v) is 18.6. The molecule has 0 unspecified atom stereocenters. The van der Waals surface area contributed by atoms with Gasteiger partial charge < -0.3 is 19.9 Å². The summed E-state index contributed by atoms with van der Waals surface area (Å²) in [7, 11) is 0. The molecule has 0 spiro atoms. The van der Waals surface area contributed by atoms with Crippen LogP contribution in [0.5, 0.6) is 0 Å². The van der Waals surface area contributed by atoms with Gasteiger partial charge in [-0.2, -0.15) is 0 Å². The second-order valence-corrected chi connectivity index (χ2v) is 9.25. The van der Waals surface area contributed by atoms with Gasteiger partial charge in [0.25, 0.3) is 0 Å². The number of rotatable bonds is 4. The first kappa shape index (κ1) is 20.2. The van der Waals surface area contributed by atoms with E-state index in [1.54, 1.807) is 11.3 Å². The fourth-order valence-electron chi connectivity index (χ4n) is 3.96. The highest BCUT2D eigenvalue weighted by molar-refractivity contribution is 7.80. The van der Waals surface area contributed by atoms with Gasteiger partial charge >= 0.3 is 5.97 Å². The number of piperazine rings is 1. The number of nitrogens with zero attached hydrogens (tertiary/aromatic N) is 2. The molecular formula is C22H27N3O2S2. The number of carbonyl (C=O) groups excluding carboxylic acids is 1. The van der Waals surface area contributed by atoms with E-state index in [2.05, 4.69) is 39.4 Å². The van der Waals surface area contributed by atoms with Crippen molar-refractivity contribution in [2.45, 2.75) is 39.2 Å². The van der Waals surface area contributed by atoms with Gasteiger partial charge in [-0.15, -0.1) is 11.3 Å². The van der Waals surface area contributed by atoms with Crippen LogP contribution in [0.1, 0.15) is 41.1 Å². The van der Waals surface area contributed by atoms with Crippen LogP contribution in [0.3, 0.4) is 0 Å². The van der Waals surface area contributed by atoms with Crippen molar-refractivity contribution in [3.05, 3.63) is 46.3 Å². The molecule has 1 aliphatic heterocycles. The van der Waals surface area contributed by atoms with Crippen molar-refractivity contribution in [3.63, 3.8) is 0 Å². The first-order valence-corrected chi connectivity index (χ1v) is 11.5. The van der Waals surface area contributed by atoms with Gasteiger partial charge in [-0.25, -0.2) is 4.79 Å². The largest absolute Gasteiger partial charge is 0.459 e. The summed E-state index contributed by atoms with van der Waals surface area (Å²) < 4.78 is 5.51. The lowest BCUT2D eigenvalue weighted by Gasteiger charge is -2.37. The Hall–Kier alpha value is -2.12. The molecule has 1 aliphatic carbocycles. The lowest BCUT2D eigenvalue weighted by atomic mass is 10.1. The Morgan fingerprint density at radius 3 is 2.55 bits per heavy atom. The molecule has 0 bridgehead atoms. The van der Waals surface area contributed by atoms with Crippen molar-refractivity contribution in [2.24, 2.45) is 0 Å². The van der Waals surface area contributed by atoms with E-state index in [1.165, 1.54) is 10.6 Å². The summed E-state index contributed by atoms with van der Waals surface area (Å²) in [4.78, 5) is 18.6. The van der Waals surface area contributed by atoms with E-state index < -0.39 is 0 Å². The standard InChI is InChI=1S/C22H27N3O2S2/c1-15(2)27-21(26)19-17-9-6-10-18(17)29-20(19)23-22(28)25-13-11-24(12-14-25)16-7-4-3-5-8-16/h3-5,7-8,15H,6,9-14H2,1-2H3,(H,23,28). The van der Waals surface area contributed by atoms with Crippen LogP contribution in [-0.4, -0.2) is 48.3 Å². The Morgan fingerprint density at radius 1 is 1.14 bits per heavy atom. The predicted molar refractivity (Wildman–Crippen MR) is 123 cm³/mol. The summed E-state index contributed by atoms with van der Waals surface area (Å²) >= 11 is 7.36. The molecule has 5 nitrogen and oxygen atoms in total.